The summed E-state index contributed by atoms with van der Waals surface area (Å²) in [6, 6.07) is 5.56. The number of fused-ring (bicyclic) bond motifs is 1. The fourth-order valence-corrected chi connectivity index (χ4v) is 3.56. The Morgan fingerprint density at radius 2 is 2.09 bits per heavy atom. The SMILES string of the molecule is Cc1ccc(-c2noc(CCC(=O)NCCCNC3=C4C=CC=CC4C(=O)N=N3)n2)cc1Cl. The molecule has 170 valence electrons. The zero-order valence-corrected chi connectivity index (χ0v) is 18.8. The highest BCUT2D eigenvalue weighted by Crippen LogP contribution is 2.27. The van der Waals surface area contributed by atoms with Crippen molar-refractivity contribution in [3.8, 4) is 11.4 Å². The molecule has 0 radical (unpaired) electrons. The number of hydrogen-bond acceptors (Lipinski definition) is 7. The highest BCUT2D eigenvalue weighted by atomic mass is 35.5. The summed E-state index contributed by atoms with van der Waals surface area (Å²) in [6.45, 7) is 3.01. The normalized spacial score (nSPS) is 16.8. The van der Waals surface area contributed by atoms with E-state index in [2.05, 4.69) is 31.0 Å². The predicted octanol–water partition coefficient (Wildman–Crippen LogP) is 3.67. The van der Waals surface area contributed by atoms with Gasteiger partial charge in [0.25, 0.3) is 5.91 Å². The number of aromatic nitrogens is 2. The third-order valence-electron chi connectivity index (χ3n) is 5.25. The first-order valence-corrected chi connectivity index (χ1v) is 11.0. The molecule has 1 aliphatic heterocycles. The van der Waals surface area contributed by atoms with E-state index in [9.17, 15) is 9.59 Å². The Morgan fingerprint density at radius 1 is 1.21 bits per heavy atom. The lowest BCUT2D eigenvalue weighted by Gasteiger charge is -2.20. The molecule has 0 bridgehead atoms. The molecule has 2 amide bonds. The van der Waals surface area contributed by atoms with E-state index < -0.39 is 0 Å². The minimum Gasteiger partial charge on any atom is -0.368 e. The van der Waals surface area contributed by atoms with Gasteiger partial charge in [-0.15, -0.1) is 10.2 Å². The molecular formula is C23H23ClN6O3. The van der Waals surface area contributed by atoms with Crippen molar-refractivity contribution in [1.82, 2.24) is 20.8 Å². The van der Waals surface area contributed by atoms with E-state index >= 15 is 0 Å². The lowest BCUT2D eigenvalue weighted by molar-refractivity contribution is -0.121. The minimum atomic E-state index is -0.372. The average molecular weight is 467 g/mol. The highest BCUT2D eigenvalue weighted by Gasteiger charge is 2.26. The summed E-state index contributed by atoms with van der Waals surface area (Å²) >= 11 is 6.15. The van der Waals surface area contributed by atoms with Crippen molar-refractivity contribution in [3.05, 3.63) is 70.4 Å². The number of azo groups is 1. The molecule has 2 N–H and O–H groups in total. The Bertz CT molecular complexity index is 1180. The molecule has 1 aliphatic carbocycles. The molecule has 10 heteroatoms. The van der Waals surface area contributed by atoms with E-state index in [0.717, 1.165) is 16.7 Å². The second-order valence-electron chi connectivity index (χ2n) is 7.67. The molecule has 0 saturated carbocycles. The van der Waals surface area contributed by atoms with Gasteiger partial charge < -0.3 is 15.2 Å². The van der Waals surface area contributed by atoms with E-state index in [4.69, 9.17) is 16.1 Å². The van der Waals surface area contributed by atoms with Crippen LogP contribution >= 0.6 is 11.6 Å². The maximum Gasteiger partial charge on any atom is 0.276 e. The van der Waals surface area contributed by atoms with Crippen LogP contribution in [0.2, 0.25) is 5.02 Å². The number of rotatable bonds is 9. The first-order valence-electron chi connectivity index (χ1n) is 10.7. The quantitative estimate of drug-likeness (QED) is 0.543. The molecule has 4 rings (SSSR count). The van der Waals surface area contributed by atoms with Crippen LogP contribution in [0.5, 0.6) is 0 Å². The lowest BCUT2D eigenvalue weighted by atomic mass is 9.93. The van der Waals surface area contributed by atoms with Gasteiger partial charge in [0, 0.05) is 42.1 Å². The number of allylic oxidation sites excluding steroid dienone is 3. The monoisotopic (exact) mass is 466 g/mol. The summed E-state index contributed by atoms with van der Waals surface area (Å²) in [6.07, 6.45) is 8.64. The number of halogens is 1. The molecule has 33 heavy (non-hydrogen) atoms. The average Bonchev–Trinajstić information content (AvgIpc) is 3.30. The summed E-state index contributed by atoms with van der Waals surface area (Å²) in [5, 5.41) is 18.3. The van der Waals surface area contributed by atoms with Crippen molar-refractivity contribution in [2.75, 3.05) is 13.1 Å². The van der Waals surface area contributed by atoms with Crippen molar-refractivity contribution >= 4 is 23.4 Å². The Morgan fingerprint density at radius 3 is 2.94 bits per heavy atom. The number of nitrogens with one attached hydrogen (secondary N) is 2. The summed E-state index contributed by atoms with van der Waals surface area (Å²) in [5.74, 6) is 0.698. The number of benzene rings is 1. The van der Waals surface area contributed by atoms with Crippen LogP contribution in [-0.4, -0.2) is 35.0 Å². The van der Waals surface area contributed by atoms with Gasteiger partial charge in [-0.25, -0.2) is 0 Å². The van der Waals surface area contributed by atoms with E-state index in [0.29, 0.717) is 48.5 Å². The van der Waals surface area contributed by atoms with Gasteiger partial charge in [0.05, 0.1) is 5.92 Å². The minimum absolute atomic E-state index is 0.0986. The third-order valence-corrected chi connectivity index (χ3v) is 5.65. The number of amides is 2. The van der Waals surface area contributed by atoms with Gasteiger partial charge in [0.1, 0.15) is 0 Å². The Hall–Kier alpha value is -3.59. The first kappa shape index (κ1) is 22.6. The van der Waals surface area contributed by atoms with Gasteiger partial charge >= 0.3 is 0 Å². The van der Waals surface area contributed by atoms with Crippen molar-refractivity contribution in [3.63, 3.8) is 0 Å². The summed E-state index contributed by atoms with van der Waals surface area (Å²) < 4.78 is 5.25. The Kier molecular flexibility index (Phi) is 7.09. The Balaban J connectivity index is 1.17. The van der Waals surface area contributed by atoms with Crippen LogP contribution in [0.4, 0.5) is 0 Å². The molecule has 1 unspecified atom stereocenters. The third kappa shape index (κ3) is 5.61. The van der Waals surface area contributed by atoms with Gasteiger partial charge in [0.2, 0.25) is 17.6 Å². The van der Waals surface area contributed by atoms with Crippen LogP contribution in [0.25, 0.3) is 11.4 Å². The molecule has 0 spiro atoms. The molecule has 9 nitrogen and oxygen atoms in total. The van der Waals surface area contributed by atoms with Crippen molar-refractivity contribution in [2.45, 2.75) is 26.2 Å². The first-order chi connectivity index (χ1) is 16.0. The molecule has 2 aliphatic rings. The number of carbonyl (C=O) groups is 2. The summed E-state index contributed by atoms with van der Waals surface area (Å²) in [7, 11) is 0. The van der Waals surface area contributed by atoms with Gasteiger partial charge in [-0.2, -0.15) is 4.98 Å². The second-order valence-corrected chi connectivity index (χ2v) is 8.08. The predicted molar refractivity (Wildman–Crippen MR) is 122 cm³/mol. The standard InChI is InChI=1S/C23H23ClN6O3/c1-14-7-8-15(13-18(14)24)21-27-20(33-30-21)10-9-19(31)25-11-4-12-26-22-16-5-2-3-6-17(16)23(32)29-28-22/h2-3,5-8,13,17,26H,4,9-12H2,1H3,(H,25,31). The molecule has 0 fully saturated rings. The molecule has 2 aromatic rings. The number of nitrogens with zero attached hydrogens (tertiary/aromatic N) is 4. The number of aryl methyl sites for hydroxylation is 2. The van der Waals surface area contributed by atoms with Gasteiger partial charge in [-0.1, -0.05) is 53.2 Å². The van der Waals surface area contributed by atoms with E-state index in [1.54, 1.807) is 12.1 Å². The van der Waals surface area contributed by atoms with Crippen LogP contribution in [0.3, 0.4) is 0 Å². The topological polar surface area (TPSA) is 122 Å². The molecular weight excluding hydrogens is 444 g/mol. The van der Waals surface area contributed by atoms with Crippen LogP contribution in [0.15, 0.2) is 68.6 Å². The van der Waals surface area contributed by atoms with Crippen molar-refractivity contribution in [1.29, 1.82) is 0 Å². The zero-order valence-electron chi connectivity index (χ0n) is 18.0. The molecule has 1 aromatic carbocycles. The van der Waals surface area contributed by atoms with Crippen LogP contribution in [0, 0.1) is 12.8 Å². The van der Waals surface area contributed by atoms with Crippen LogP contribution in [-0.2, 0) is 16.0 Å². The van der Waals surface area contributed by atoms with E-state index in [1.807, 2.05) is 37.3 Å². The molecule has 1 atom stereocenters. The van der Waals surface area contributed by atoms with Crippen molar-refractivity contribution in [2.24, 2.45) is 16.1 Å². The highest BCUT2D eigenvalue weighted by molar-refractivity contribution is 6.31. The zero-order chi connectivity index (χ0) is 23.2. The maximum atomic E-state index is 12.1. The Labute approximate surface area is 195 Å². The summed E-state index contributed by atoms with van der Waals surface area (Å²) in [5.41, 5.74) is 2.55. The van der Waals surface area contributed by atoms with Crippen LogP contribution < -0.4 is 10.6 Å². The fourth-order valence-electron chi connectivity index (χ4n) is 3.38. The van der Waals surface area contributed by atoms with E-state index in [1.165, 1.54) is 0 Å². The van der Waals surface area contributed by atoms with Gasteiger partial charge in [-0.3, -0.25) is 9.59 Å². The lowest BCUT2D eigenvalue weighted by Crippen LogP contribution is -2.28. The molecule has 1 aromatic heterocycles. The van der Waals surface area contributed by atoms with Gasteiger partial charge in [-0.05, 0) is 25.0 Å². The summed E-state index contributed by atoms with van der Waals surface area (Å²) in [4.78, 5) is 28.3. The van der Waals surface area contributed by atoms with Crippen LogP contribution in [0.1, 0.15) is 24.3 Å². The number of carbonyl (C=O) groups excluding carboxylic acids is 2. The maximum absolute atomic E-state index is 12.1. The largest absolute Gasteiger partial charge is 0.368 e. The van der Waals surface area contributed by atoms with E-state index in [-0.39, 0.29) is 24.2 Å². The molecule has 0 saturated heterocycles. The fraction of sp³-hybridized carbons (Fsp3) is 0.304. The smallest absolute Gasteiger partial charge is 0.276 e. The van der Waals surface area contributed by atoms with Gasteiger partial charge in [0.15, 0.2) is 5.82 Å². The second kappa shape index (κ2) is 10.4. The molecule has 2 heterocycles. The number of hydrogen-bond donors (Lipinski definition) is 2. The van der Waals surface area contributed by atoms with Crippen molar-refractivity contribution < 1.29 is 14.1 Å².